The Balaban J connectivity index is 1.66. The first-order chi connectivity index (χ1) is 10.8. The van der Waals surface area contributed by atoms with Gasteiger partial charge in [0.2, 0.25) is 0 Å². The molecule has 3 rings (SSSR count). The van der Waals surface area contributed by atoms with Crippen LogP contribution in [0.15, 0.2) is 18.1 Å². The molecule has 2 aliphatic rings. The molecule has 3 heterocycles. The second kappa shape index (κ2) is 6.04. The lowest BCUT2D eigenvalue weighted by Crippen LogP contribution is -2.41. The van der Waals surface area contributed by atoms with Crippen molar-refractivity contribution in [2.24, 2.45) is 5.92 Å². The third kappa shape index (κ3) is 3.51. The fourth-order valence-corrected chi connectivity index (χ4v) is 2.73. The minimum Gasteiger partial charge on any atom is -0.398 e. The lowest BCUT2D eigenvalue weighted by molar-refractivity contribution is 0.00578. The van der Waals surface area contributed by atoms with Crippen molar-refractivity contribution in [2.75, 3.05) is 13.2 Å². The third-order valence-corrected chi connectivity index (χ3v) is 4.91. The fourth-order valence-electron chi connectivity index (χ4n) is 2.73. The summed E-state index contributed by atoms with van der Waals surface area (Å²) >= 11 is 0. The van der Waals surface area contributed by atoms with Gasteiger partial charge in [-0.15, -0.1) is 0 Å². The van der Waals surface area contributed by atoms with E-state index in [1.54, 1.807) is 6.20 Å². The minimum absolute atomic E-state index is 0.438. The smallest absolute Gasteiger partial charge is 0.398 e. The molecule has 1 aromatic rings. The van der Waals surface area contributed by atoms with Gasteiger partial charge in [0.1, 0.15) is 5.73 Å². The standard InChI is InChI=1S/C16H24BFN2O3/c1-15(2)16(3,4)23-17(22-15)14(18)7-13-8-19-20(10-13)9-12-5-6-21-11-12/h7-8,10,12H,5-6,9,11H2,1-4H3. The van der Waals surface area contributed by atoms with E-state index in [1.807, 2.05) is 38.6 Å². The van der Waals surface area contributed by atoms with Crippen LogP contribution in [0.2, 0.25) is 0 Å². The summed E-state index contributed by atoms with van der Waals surface area (Å²) in [6.07, 6.45) is 5.97. The second-order valence-electron chi connectivity index (χ2n) is 7.34. The number of rotatable bonds is 4. The molecule has 2 saturated heterocycles. The highest BCUT2D eigenvalue weighted by atomic mass is 19.1. The first-order valence-electron chi connectivity index (χ1n) is 8.10. The zero-order valence-electron chi connectivity index (χ0n) is 14.2. The van der Waals surface area contributed by atoms with Gasteiger partial charge in [-0.1, -0.05) is 0 Å². The Morgan fingerprint density at radius 3 is 2.70 bits per heavy atom. The van der Waals surface area contributed by atoms with Crippen LogP contribution in [0, 0.1) is 5.92 Å². The number of hydrogen-bond acceptors (Lipinski definition) is 4. The zero-order chi connectivity index (χ0) is 16.7. The maximum atomic E-state index is 14.4. The first kappa shape index (κ1) is 16.7. The van der Waals surface area contributed by atoms with Crippen molar-refractivity contribution in [3.63, 3.8) is 0 Å². The van der Waals surface area contributed by atoms with E-state index in [1.165, 1.54) is 6.08 Å². The summed E-state index contributed by atoms with van der Waals surface area (Å²) in [5.74, 6) is 0.486. The van der Waals surface area contributed by atoms with Gasteiger partial charge in [-0.3, -0.25) is 4.68 Å². The van der Waals surface area contributed by atoms with Crippen molar-refractivity contribution >= 4 is 13.2 Å². The summed E-state index contributed by atoms with van der Waals surface area (Å²) in [7, 11) is -0.966. The fraction of sp³-hybridized carbons (Fsp3) is 0.688. The van der Waals surface area contributed by atoms with Crippen LogP contribution in [-0.4, -0.2) is 41.3 Å². The Labute approximate surface area is 136 Å². The summed E-state index contributed by atoms with van der Waals surface area (Å²) in [6.45, 7) is 10.0. The van der Waals surface area contributed by atoms with Crippen LogP contribution in [0.25, 0.3) is 6.08 Å². The lowest BCUT2D eigenvalue weighted by Gasteiger charge is -2.32. The van der Waals surface area contributed by atoms with Gasteiger partial charge in [0.25, 0.3) is 0 Å². The van der Waals surface area contributed by atoms with Crippen molar-refractivity contribution in [3.05, 3.63) is 23.7 Å². The molecule has 0 radical (unpaired) electrons. The second-order valence-corrected chi connectivity index (χ2v) is 7.34. The van der Waals surface area contributed by atoms with E-state index in [9.17, 15) is 4.39 Å². The molecule has 0 spiro atoms. The Morgan fingerprint density at radius 2 is 2.09 bits per heavy atom. The molecule has 7 heteroatoms. The van der Waals surface area contributed by atoms with Gasteiger partial charge in [-0.05, 0) is 40.2 Å². The molecule has 2 aliphatic heterocycles. The molecule has 23 heavy (non-hydrogen) atoms. The monoisotopic (exact) mass is 322 g/mol. The molecule has 5 nitrogen and oxygen atoms in total. The van der Waals surface area contributed by atoms with Gasteiger partial charge < -0.3 is 14.0 Å². The van der Waals surface area contributed by atoms with Crippen molar-refractivity contribution in [2.45, 2.75) is 51.9 Å². The van der Waals surface area contributed by atoms with Gasteiger partial charge in [0.15, 0.2) is 0 Å². The highest BCUT2D eigenvalue weighted by molar-refractivity contribution is 6.54. The Bertz CT molecular complexity index is 578. The molecular formula is C16H24BFN2O3. The molecule has 126 valence electrons. The average Bonchev–Trinajstić information content (AvgIpc) is 3.13. The van der Waals surface area contributed by atoms with Gasteiger partial charge in [-0.25, -0.2) is 4.39 Å². The quantitative estimate of drug-likeness (QED) is 0.800. The van der Waals surface area contributed by atoms with Crippen molar-refractivity contribution in [1.82, 2.24) is 9.78 Å². The normalized spacial score (nSPS) is 26.9. The molecule has 1 atom stereocenters. The van der Waals surface area contributed by atoms with Crippen LogP contribution in [0.3, 0.4) is 0 Å². The van der Waals surface area contributed by atoms with E-state index in [0.29, 0.717) is 11.5 Å². The van der Waals surface area contributed by atoms with Crippen LogP contribution in [-0.2, 0) is 20.6 Å². The van der Waals surface area contributed by atoms with Gasteiger partial charge in [0, 0.05) is 30.8 Å². The predicted molar refractivity (Wildman–Crippen MR) is 86.3 cm³/mol. The Morgan fingerprint density at radius 1 is 1.39 bits per heavy atom. The van der Waals surface area contributed by atoms with Gasteiger partial charge in [-0.2, -0.15) is 5.10 Å². The van der Waals surface area contributed by atoms with E-state index in [-0.39, 0.29) is 0 Å². The Kier molecular flexibility index (Phi) is 4.38. The van der Waals surface area contributed by atoms with Crippen molar-refractivity contribution in [3.8, 4) is 0 Å². The predicted octanol–water partition coefficient (Wildman–Crippen LogP) is 2.86. The number of hydrogen-bond donors (Lipinski definition) is 0. The molecule has 0 aliphatic carbocycles. The Hall–Kier alpha value is -1.18. The van der Waals surface area contributed by atoms with Crippen LogP contribution in [0.4, 0.5) is 4.39 Å². The van der Waals surface area contributed by atoms with E-state index in [0.717, 1.165) is 26.2 Å². The van der Waals surface area contributed by atoms with E-state index in [4.69, 9.17) is 14.0 Å². The summed E-state index contributed by atoms with van der Waals surface area (Å²) in [5, 5.41) is 4.28. The van der Waals surface area contributed by atoms with E-state index in [2.05, 4.69) is 5.10 Å². The average molecular weight is 322 g/mol. The van der Waals surface area contributed by atoms with Crippen molar-refractivity contribution in [1.29, 1.82) is 0 Å². The minimum atomic E-state index is -0.966. The van der Waals surface area contributed by atoms with Crippen molar-refractivity contribution < 1.29 is 18.4 Å². The summed E-state index contributed by atoms with van der Waals surface area (Å²) in [4.78, 5) is 0. The number of nitrogens with zero attached hydrogens (tertiary/aromatic N) is 2. The first-order valence-corrected chi connectivity index (χ1v) is 8.10. The maximum Gasteiger partial charge on any atom is 0.525 e. The highest BCUT2D eigenvalue weighted by Gasteiger charge is 2.53. The van der Waals surface area contributed by atoms with Crippen LogP contribution >= 0.6 is 0 Å². The molecular weight excluding hydrogens is 298 g/mol. The topological polar surface area (TPSA) is 45.5 Å². The van der Waals surface area contributed by atoms with E-state index < -0.39 is 24.0 Å². The van der Waals surface area contributed by atoms with Crippen LogP contribution < -0.4 is 0 Å². The van der Waals surface area contributed by atoms with Gasteiger partial charge in [0.05, 0.1) is 24.0 Å². The molecule has 0 amide bonds. The van der Waals surface area contributed by atoms with E-state index >= 15 is 0 Å². The molecule has 0 bridgehead atoms. The van der Waals surface area contributed by atoms with Gasteiger partial charge >= 0.3 is 7.12 Å². The molecule has 1 aromatic heterocycles. The molecule has 0 saturated carbocycles. The number of ether oxygens (including phenoxy) is 1. The molecule has 0 aromatic carbocycles. The molecule has 2 fully saturated rings. The molecule has 0 N–H and O–H groups in total. The molecule has 1 unspecified atom stereocenters. The highest BCUT2D eigenvalue weighted by Crippen LogP contribution is 2.39. The summed E-state index contributed by atoms with van der Waals surface area (Å²) in [6, 6.07) is 0. The van der Waals surface area contributed by atoms with Crippen LogP contribution in [0.1, 0.15) is 39.7 Å². The summed E-state index contributed by atoms with van der Waals surface area (Å²) < 4.78 is 33.1. The number of halogens is 1. The zero-order valence-corrected chi connectivity index (χ0v) is 14.2. The largest absolute Gasteiger partial charge is 0.525 e. The lowest BCUT2D eigenvalue weighted by atomic mass is 9.87. The maximum absolute atomic E-state index is 14.4. The number of aromatic nitrogens is 2. The third-order valence-electron chi connectivity index (χ3n) is 4.91. The SMILES string of the molecule is CC1(C)OB(C(F)=Cc2cnn(CC3CCOC3)c2)OC1(C)C. The van der Waals surface area contributed by atoms with Crippen LogP contribution in [0.5, 0.6) is 0 Å². The summed E-state index contributed by atoms with van der Waals surface area (Å²) in [5.41, 5.74) is -0.825.